The second kappa shape index (κ2) is 11.9. The first-order valence-corrected chi connectivity index (χ1v) is 11.4. The lowest BCUT2D eigenvalue weighted by Crippen LogP contribution is -2.41. The Morgan fingerprint density at radius 3 is 2.61 bits per heavy atom. The number of nitrogen functional groups attached to an aromatic ring is 1. The fourth-order valence-electron chi connectivity index (χ4n) is 3.86. The molecular weight excluding hydrogens is 444 g/mol. The molecule has 178 valence electrons. The molecule has 1 fully saturated rings. The third-order valence-corrected chi connectivity index (χ3v) is 6.16. The third-order valence-electron chi connectivity index (χ3n) is 5.83. The molecule has 9 heteroatoms. The molecule has 0 unspecified atom stereocenters. The number of likely N-dealkylation sites (tertiary alicyclic amines) is 1. The van der Waals surface area contributed by atoms with Crippen LogP contribution in [0.25, 0.3) is 0 Å². The Labute approximate surface area is 199 Å². The van der Waals surface area contributed by atoms with Gasteiger partial charge in [0.2, 0.25) is 5.91 Å². The molecule has 33 heavy (non-hydrogen) atoms. The SMILES string of the molecule is COc1cc(N)c(Cl)cc1C(=O)OCCN1CCC(C(=O)NCc2cccc(CN)c2)CC1. The van der Waals surface area contributed by atoms with Gasteiger partial charge in [-0.05, 0) is 43.1 Å². The van der Waals surface area contributed by atoms with E-state index < -0.39 is 5.97 Å². The molecule has 0 spiro atoms. The molecule has 5 N–H and O–H groups in total. The Balaban J connectivity index is 1.39. The zero-order valence-electron chi connectivity index (χ0n) is 18.8. The minimum absolute atomic E-state index is 0.0114. The van der Waals surface area contributed by atoms with Crippen molar-refractivity contribution >= 4 is 29.2 Å². The Bertz CT molecular complexity index is 977. The molecule has 1 saturated heterocycles. The number of hydrogen-bond acceptors (Lipinski definition) is 7. The highest BCUT2D eigenvalue weighted by atomic mass is 35.5. The summed E-state index contributed by atoms with van der Waals surface area (Å²) in [5, 5.41) is 3.30. The molecule has 2 aromatic carbocycles. The molecule has 0 saturated carbocycles. The molecule has 0 radical (unpaired) electrons. The number of hydrogen-bond donors (Lipinski definition) is 3. The predicted molar refractivity (Wildman–Crippen MR) is 128 cm³/mol. The quantitative estimate of drug-likeness (QED) is 0.377. The molecule has 1 aliphatic rings. The van der Waals surface area contributed by atoms with Crippen LogP contribution in [0.3, 0.4) is 0 Å². The molecule has 8 nitrogen and oxygen atoms in total. The summed E-state index contributed by atoms with van der Waals surface area (Å²) in [6.45, 7) is 3.36. The van der Waals surface area contributed by atoms with Crippen LogP contribution in [0.5, 0.6) is 5.75 Å². The summed E-state index contributed by atoms with van der Waals surface area (Å²) in [6, 6.07) is 10.9. The number of ether oxygens (including phenoxy) is 2. The monoisotopic (exact) mass is 474 g/mol. The first-order valence-electron chi connectivity index (χ1n) is 11.0. The number of methoxy groups -OCH3 is 1. The lowest BCUT2D eigenvalue weighted by atomic mass is 9.96. The molecule has 2 aromatic rings. The summed E-state index contributed by atoms with van der Waals surface area (Å²) in [5.41, 5.74) is 14.1. The zero-order chi connectivity index (χ0) is 23.8. The fourth-order valence-corrected chi connectivity index (χ4v) is 4.03. The fraction of sp³-hybridized carbons (Fsp3) is 0.417. The number of nitrogens with one attached hydrogen (secondary N) is 1. The third kappa shape index (κ3) is 6.83. The smallest absolute Gasteiger partial charge is 0.342 e. The van der Waals surface area contributed by atoms with Crippen molar-refractivity contribution in [2.45, 2.75) is 25.9 Å². The minimum atomic E-state index is -0.512. The molecule has 3 rings (SSSR count). The standard InChI is InChI=1S/C24H31ClN4O4/c1-32-22-13-21(27)20(25)12-19(22)24(31)33-10-9-29-7-5-18(6-8-29)23(30)28-15-17-4-2-3-16(11-17)14-26/h2-4,11-13,18H,5-10,14-15,26-27H2,1H3,(H,28,30). The number of anilines is 1. The maximum Gasteiger partial charge on any atom is 0.342 e. The topological polar surface area (TPSA) is 120 Å². The van der Waals surface area contributed by atoms with Crippen LogP contribution in [-0.4, -0.2) is 50.1 Å². The second-order valence-corrected chi connectivity index (χ2v) is 8.47. The van der Waals surface area contributed by atoms with Crippen LogP contribution in [0.4, 0.5) is 5.69 Å². The van der Waals surface area contributed by atoms with Crippen LogP contribution in [-0.2, 0) is 22.6 Å². The Morgan fingerprint density at radius 1 is 1.18 bits per heavy atom. The predicted octanol–water partition coefficient (Wildman–Crippen LogP) is 2.57. The number of piperidine rings is 1. The lowest BCUT2D eigenvalue weighted by Gasteiger charge is -2.31. The molecule has 1 aliphatic heterocycles. The van der Waals surface area contributed by atoms with Crippen LogP contribution >= 0.6 is 11.6 Å². The first kappa shape index (κ1) is 24.8. The average Bonchev–Trinajstić information content (AvgIpc) is 2.84. The normalized spacial score (nSPS) is 14.6. The van der Waals surface area contributed by atoms with Gasteiger partial charge in [0.25, 0.3) is 0 Å². The summed E-state index contributed by atoms with van der Waals surface area (Å²) < 4.78 is 10.6. The Hall–Kier alpha value is -2.81. The highest BCUT2D eigenvalue weighted by molar-refractivity contribution is 6.33. The van der Waals surface area contributed by atoms with Crippen molar-refractivity contribution in [3.8, 4) is 5.75 Å². The van der Waals surface area contributed by atoms with Gasteiger partial charge in [-0.25, -0.2) is 4.79 Å². The van der Waals surface area contributed by atoms with Gasteiger partial charge in [-0.3, -0.25) is 9.69 Å². The summed E-state index contributed by atoms with van der Waals surface area (Å²) in [4.78, 5) is 27.2. The molecule has 0 atom stereocenters. The zero-order valence-corrected chi connectivity index (χ0v) is 19.6. The number of halogens is 1. The van der Waals surface area contributed by atoms with Gasteiger partial charge in [-0.1, -0.05) is 35.9 Å². The molecule has 0 aliphatic carbocycles. The van der Waals surface area contributed by atoms with Crippen LogP contribution in [0.15, 0.2) is 36.4 Å². The lowest BCUT2D eigenvalue weighted by molar-refractivity contribution is -0.126. The molecule has 0 aromatic heterocycles. The number of carbonyl (C=O) groups is 2. The molecule has 1 amide bonds. The first-order chi connectivity index (χ1) is 15.9. The number of carbonyl (C=O) groups excluding carboxylic acids is 2. The van der Waals surface area contributed by atoms with Gasteiger partial charge in [-0.2, -0.15) is 0 Å². The minimum Gasteiger partial charge on any atom is -0.496 e. The van der Waals surface area contributed by atoms with Gasteiger partial charge in [0.05, 0.1) is 17.8 Å². The van der Waals surface area contributed by atoms with Gasteiger partial charge in [0.15, 0.2) is 0 Å². The number of nitrogens with zero attached hydrogens (tertiary/aromatic N) is 1. The van der Waals surface area contributed by atoms with E-state index in [2.05, 4.69) is 10.2 Å². The van der Waals surface area contributed by atoms with E-state index >= 15 is 0 Å². The highest BCUT2D eigenvalue weighted by Gasteiger charge is 2.25. The Morgan fingerprint density at radius 2 is 1.91 bits per heavy atom. The van der Waals surface area contributed by atoms with Crippen molar-refractivity contribution in [3.63, 3.8) is 0 Å². The maximum atomic E-state index is 12.5. The summed E-state index contributed by atoms with van der Waals surface area (Å²) in [6.07, 6.45) is 1.54. The number of nitrogens with two attached hydrogens (primary N) is 2. The molecule has 0 bridgehead atoms. The van der Waals surface area contributed by atoms with Gasteiger partial charge in [-0.15, -0.1) is 0 Å². The average molecular weight is 475 g/mol. The van der Waals surface area contributed by atoms with Crippen LogP contribution < -0.4 is 21.5 Å². The van der Waals surface area contributed by atoms with E-state index in [9.17, 15) is 9.59 Å². The highest BCUT2D eigenvalue weighted by Crippen LogP contribution is 2.29. The summed E-state index contributed by atoms with van der Waals surface area (Å²) in [7, 11) is 1.46. The van der Waals surface area contributed by atoms with Crippen molar-refractivity contribution in [2.75, 3.05) is 39.1 Å². The molecular formula is C24H31ClN4O4. The van der Waals surface area contributed by atoms with Gasteiger partial charge in [0.1, 0.15) is 17.9 Å². The van der Waals surface area contributed by atoms with E-state index in [1.807, 2.05) is 24.3 Å². The maximum absolute atomic E-state index is 12.5. The van der Waals surface area contributed by atoms with Crippen molar-refractivity contribution < 1.29 is 19.1 Å². The van der Waals surface area contributed by atoms with E-state index in [1.165, 1.54) is 19.2 Å². The largest absolute Gasteiger partial charge is 0.496 e. The van der Waals surface area contributed by atoms with Crippen LogP contribution in [0.2, 0.25) is 5.02 Å². The second-order valence-electron chi connectivity index (χ2n) is 8.07. The summed E-state index contributed by atoms with van der Waals surface area (Å²) in [5.74, 6) is -0.126. The number of benzene rings is 2. The Kier molecular flexibility index (Phi) is 8.94. The van der Waals surface area contributed by atoms with E-state index in [0.717, 1.165) is 37.1 Å². The van der Waals surface area contributed by atoms with E-state index in [0.29, 0.717) is 31.1 Å². The van der Waals surface area contributed by atoms with Crippen LogP contribution in [0.1, 0.15) is 34.3 Å². The van der Waals surface area contributed by atoms with Crippen molar-refractivity contribution in [1.29, 1.82) is 0 Å². The molecule has 1 heterocycles. The van der Waals surface area contributed by atoms with Crippen molar-refractivity contribution in [2.24, 2.45) is 11.7 Å². The number of esters is 1. The van der Waals surface area contributed by atoms with Gasteiger partial charge in [0, 0.05) is 31.6 Å². The van der Waals surface area contributed by atoms with Crippen LogP contribution in [0, 0.1) is 5.92 Å². The van der Waals surface area contributed by atoms with E-state index in [1.54, 1.807) is 0 Å². The van der Waals surface area contributed by atoms with E-state index in [-0.39, 0.29) is 29.0 Å². The van der Waals surface area contributed by atoms with Gasteiger partial charge >= 0.3 is 5.97 Å². The van der Waals surface area contributed by atoms with Gasteiger partial charge < -0.3 is 26.3 Å². The van der Waals surface area contributed by atoms with E-state index in [4.69, 9.17) is 32.5 Å². The number of rotatable bonds is 9. The van der Waals surface area contributed by atoms with Crippen molar-refractivity contribution in [3.05, 3.63) is 58.1 Å². The van der Waals surface area contributed by atoms with Crippen molar-refractivity contribution in [1.82, 2.24) is 10.2 Å². The number of amides is 1. The summed E-state index contributed by atoms with van der Waals surface area (Å²) >= 11 is 6.02.